The maximum absolute atomic E-state index is 13.9. The Labute approximate surface area is 182 Å². The molecule has 1 aromatic heterocycles. The van der Waals surface area contributed by atoms with Gasteiger partial charge in [-0.25, -0.2) is 14.2 Å². The third kappa shape index (κ3) is 6.24. The lowest BCUT2D eigenvalue weighted by molar-refractivity contribution is -0.131. The second-order valence-electron chi connectivity index (χ2n) is 7.58. The maximum Gasteiger partial charge on any atom is 0.339 e. The van der Waals surface area contributed by atoms with Crippen molar-refractivity contribution in [3.05, 3.63) is 59.5 Å². The first-order chi connectivity index (χ1) is 15.0. The molecule has 0 bridgehead atoms. The molecule has 3 rings (SSSR count). The van der Waals surface area contributed by atoms with Crippen molar-refractivity contribution in [3.8, 4) is 0 Å². The van der Waals surface area contributed by atoms with Gasteiger partial charge in [0.25, 0.3) is 0 Å². The summed E-state index contributed by atoms with van der Waals surface area (Å²) in [5.41, 5.74) is 0.947. The van der Waals surface area contributed by atoms with Gasteiger partial charge in [0.15, 0.2) is 0 Å². The Kier molecular flexibility index (Phi) is 7.94. The van der Waals surface area contributed by atoms with Crippen molar-refractivity contribution in [2.24, 2.45) is 0 Å². The van der Waals surface area contributed by atoms with Gasteiger partial charge in [0.05, 0.1) is 18.7 Å². The Bertz CT molecular complexity index is 891. The number of carbonyl (C=O) groups excluding carboxylic acids is 2. The zero-order valence-corrected chi connectivity index (χ0v) is 18.1. The lowest BCUT2D eigenvalue weighted by Crippen LogP contribution is -2.40. The summed E-state index contributed by atoms with van der Waals surface area (Å²) in [5.74, 6) is 0.0992. The van der Waals surface area contributed by atoms with E-state index in [0.717, 1.165) is 38.4 Å². The molecule has 1 aliphatic heterocycles. The average Bonchev–Trinajstić information content (AvgIpc) is 3.01. The van der Waals surface area contributed by atoms with Crippen molar-refractivity contribution < 1.29 is 18.7 Å². The second kappa shape index (κ2) is 10.9. The summed E-state index contributed by atoms with van der Waals surface area (Å²) in [5, 5.41) is 0. The monoisotopic (exact) mass is 428 g/mol. The number of carbonyl (C=O) groups is 2. The number of hydrogen-bond donors (Lipinski definition) is 0. The van der Waals surface area contributed by atoms with E-state index in [-0.39, 0.29) is 24.2 Å². The van der Waals surface area contributed by atoms with Crippen LogP contribution in [0, 0.1) is 5.82 Å². The molecule has 1 aromatic carbocycles. The standard InChI is InChI=1S/C23H29FN4O3/c1-3-31-23(30)18-9-10-21(25-15-18)28-12-6-11-27(13-14-28)17-22(29)26(2)16-19-7-4-5-8-20(19)24/h4-5,7-10,15H,3,6,11-14,16-17H2,1-2H3. The summed E-state index contributed by atoms with van der Waals surface area (Å²) < 4.78 is 18.8. The number of amides is 1. The van der Waals surface area contributed by atoms with Gasteiger partial charge in [0.2, 0.25) is 5.91 Å². The van der Waals surface area contributed by atoms with E-state index in [4.69, 9.17) is 4.74 Å². The topological polar surface area (TPSA) is 66.0 Å². The van der Waals surface area contributed by atoms with Gasteiger partial charge >= 0.3 is 5.97 Å². The van der Waals surface area contributed by atoms with Gasteiger partial charge in [-0.1, -0.05) is 18.2 Å². The van der Waals surface area contributed by atoms with Crippen LogP contribution >= 0.6 is 0 Å². The molecule has 2 heterocycles. The van der Waals surface area contributed by atoms with Crippen LogP contribution in [0.1, 0.15) is 29.3 Å². The predicted molar refractivity (Wildman–Crippen MR) is 116 cm³/mol. The zero-order chi connectivity index (χ0) is 22.2. The molecule has 31 heavy (non-hydrogen) atoms. The second-order valence-corrected chi connectivity index (χ2v) is 7.58. The number of aromatic nitrogens is 1. The Hall–Kier alpha value is -3.00. The van der Waals surface area contributed by atoms with Crippen LogP contribution in [0.25, 0.3) is 0 Å². The van der Waals surface area contributed by atoms with Crippen molar-refractivity contribution in [3.63, 3.8) is 0 Å². The van der Waals surface area contributed by atoms with Crippen LogP contribution in [0.15, 0.2) is 42.6 Å². The molecular formula is C23H29FN4O3. The fraction of sp³-hybridized carbons (Fsp3) is 0.435. The highest BCUT2D eigenvalue weighted by atomic mass is 19.1. The molecule has 0 saturated carbocycles. The van der Waals surface area contributed by atoms with E-state index in [2.05, 4.69) is 14.8 Å². The lowest BCUT2D eigenvalue weighted by Gasteiger charge is -2.24. The zero-order valence-electron chi connectivity index (χ0n) is 18.1. The molecule has 8 heteroatoms. The summed E-state index contributed by atoms with van der Waals surface area (Å²) in [6, 6.07) is 10.1. The Balaban J connectivity index is 1.52. The van der Waals surface area contributed by atoms with Crippen molar-refractivity contribution >= 4 is 17.7 Å². The van der Waals surface area contributed by atoms with Gasteiger partial charge in [-0.05, 0) is 31.5 Å². The van der Waals surface area contributed by atoms with Gasteiger partial charge < -0.3 is 14.5 Å². The molecule has 2 aromatic rings. The number of likely N-dealkylation sites (N-methyl/N-ethyl adjacent to an activating group) is 1. The Morgan fingerprint density at radius 2 is 1.94 bits per heavy atom. The van der Waals surface area contributed by atoms with E-state index in [1.807, 2.05) is 6.07 Å². The molecule has 0 unspecified atom stereocenters. The molecule has 7 nitrogen and oxygen atoms in total. The van der Waals surface area contributed by atoms with E-state index in [0.29, 0.717) is 24.3 Å². The van der Waals surface area contributed by atoms with Crippen LogP contribution in [-0.2, 0) is 16.1 Å². The van der Waals surface area contributed by atoms with Crippen LogP contribution in [0.4, 0.5) is 10.2 Å². The first kappa shape index (κ1) is 22.7. The van der Waals surface area contributed by atoms with Crippen LogP contribution in [0.5, 0.6) is 0 Å². The Morgan fingerprint density at radius 3 is 2.65 bits per heavy atom. The molecule has 1 aliphatic rings. The number of nitrogens with zero attached hydrogens (tertiary/aromatic N) is 4. The summed E-state index contributed by atoms with van der Waals surface area (Å²) >= 11 is 0. The highest BCUT2D eigenvalue weighted by Crippen LogP contribution is 2.15. The Morgan fingerprint density at radius 1 is 1.13 bits per heavy atom. The molecule has 1 amide bonds. The molecule has 0 radical (unpaired) electrons. The van der Waals surface area contributed by atoms with Gasteiger partial charge in [-0.15, -0.1) is 0 Å². The van der Waals surface area contributed by atoms with Crippen molar-refractivity contribution in [2.75, 3.05) is 51.3 Å². The van der Waals surface area contributed by atoms with E-state index in [1.165, 1.54) is 12.3 Å². The van der Waals surface area contributed by atoms with Crippen LogP contribution < -0.4 is 4.90 Å². The molecule has 1 fully saturated rings. The molecule has 0 N–H and O–H groups in total. The minimum absolute atomic E-state index is 0.0337. The van der Waals surface area contributed by atoms with Crippen molar-refractivity contribution in [1.29, 1.82) is 0 Å². The smallest absolute Gasteiger partial charge is 0.339 e. The van der Waals surface area contributed by atoms with Crippen molar-refractivity contribution in [1.82, 2.24) is 14.8 Å². The minimum Gasteiger partial charge on any atom is -0.462 e. The summed E-state index contributed by atoms with van der Waals surface area (Å²) in [6.45, 7) is 5.73. The van der Waals surface area contributed by atoms with E-state index < -0.39 is 0 Å². The highest BCUT2D eigenvalue weighted by Gasteiger charge is 2.20. The quantitative estimate of drug-likeness (QED) is 0.632. The molecule has 0 atom stereocenters. The van der Waals surface area contributed by atoms with E-state index in [9.17, 15) is 14.0 Å². The SMILES string of the molecule is CCOC(=O)c1ccc(N2CCCN(CC(=O)N(C)Cc3ccccc3F)CC2)nc1. The molecule has 0 spiro atoms. The van der Waals surface area contributed by atoms with Gasteiger partial charge in [-0.2, -0.15) is 0 Å². The van der Waals surface area contributed by atoms with Crippen LogP contribution in [-0.4, -0.2) is 73.0 Å². The normalized spacial score (nSPS) is 14.7. The number of anilines is 1. The predicted octanol–water partition coefficient (Wildman–Crippen LogP) is 2.57. The fourth-order valence-electron chi connectivity index (χ4n) is 3.55. The number of rotatable bonds is 7. The number of esters is 1. The highest BCUT2D eigenvalue weighted by molar-refractivity contribution is 5.89. The van der Waals surface area contributed by atoms with E-state index in [1.54, 1.807) is 43.1 Å². The number of halogens is 1. The van der Waals surface area contributed by atoms with Crippen molar-refractivity contribution in [2.45, 2.75) is 19.9 Å². The third-order valence-corrected chi connectivity index (χ3v) is 5.32. The first-order valence-electron chi connectivity index (χ1n) is 10.6. The number of ether oxygens (including phenoxy) is 1. The minimum atomic E-state index is -0.374. The van der Waals surface area contributed by atoms with Crippen LogP contribution in [0.3, 0.4) is 0 Å². The number of benzene rings is 1. The third-order valence-electron chi connectivity index (χ3n) is 5.32. The van der Waals surface area contributed by atoms with Gasteiger partial charge in [-0.3, -0.25) is 9.69 Å². The summed E-state index contributed by atoms with van der Waals surface area (Å²) in [7, 11) is 1.70. The molecule has 1 saturated heterocycles. The van der Waals surface area contributed by atoms with E-state index >= 15 is 0 Å². The van der Waals surface area contributed by atoms with Gasteiger partial charge in [0.1, 0.15) is 11.6 Å². The molecule has 0 aliphatic carbocycles. The lowest BCUT2D eigenvalue weighted by atomic mass is 10.2. The maximum atomic E-state index is 13.9. The van der Waals surface area contributed by atoms with Crippen LogP contribution in [0.2, 0.25) is 0 Å². The van der Waals surface area contributed by atoms with Gasteiger partial charge in [0, 0.05) is 51.5 Å². The summed E-state index contributed by atoms with van der Waals surface area (Å²) in [6.07, 6.45) is 2.43. The average molecular weight is 429 g/mol. The first-order valence-corrected chi connectivity index (χ1v) is 10.6. The summed E-state index contributed by atoms with van der Waals surface area (Å²) in [4.78, 5) is 34.7. The molecule has 166 valence electrons. The largest absolute Gasteiger partial charge is 0.462 e. The number of pyridine rings is 1. The fourth-order valence-corrected chi connectivity index (χ4v) is 3.55. The number of hydrogen-bond acceptors (Lipinski definition) is 6. The molecular weight excluding hydrogens is 399 g/mol.